The van der Waals surface area contributed by atoms with E-state index in [0.29, 0.717) is 0 Å². The second-order valence-corrected chi connectivity index (χ2v) is 11.3. The van der Waals surface area contributed by atoms with Gasteiger partial charge < -0.3 is 9.47 Å². The quantitative estimate of drug-likeness (QED) is 0.0554. The molecule has 0 rings (SSSR count). The largest absolute Gasteiger partial charge is 0.469 e. The predicted octanol–water partition coefficient (Wildman–Crippen LogP) is 10.8. The molecule has 2 atom stereocenters. The summed E-state index contributed by atoms with van der Waals surface area (Å²) in [6.45, 7) is 5.94. The van der Waals surface area contributed by atoms with Gasteiger partial charge in [0.25, 0.3) is 0 Å². The number of hydrogen-bond donors (Lipinski definition) is 0. The number of ether oxygens (including phenoxy) is 2. The Kier molecular flexibility index (Phi) is 28.2. The molecule has 0 saturated heterocycles. The highest BCUT2D eigenvalue weighted by Gasteiger charge is 2.30. The minimum atomic E-state index is -0.374. The molecule has 0 aliphatic heterocycles. The van der Waals surface area contributed by atoms with Crippen molar-refractivity contribution in [3.63, 3.8) is 0 Å². The maximum atomic E-state index is 12.6. The zero-order chi connectivity index (χ0) is 28.8. The summed E-state index contributed by atoms with van der Waals surface area (Å²) in [5, 5.41) is 0. The van der Waals surface area contributed by atoms with Crippen molar-refractivity contribution in [1.29, 1.82) is 0 Å². The molecule has 0 saturated carbocycles. The van der Waals surface area contributed by atoms with Crippen LogP contribution in [0.3, 0.4) is 0 Å². The zero-order valence-corrected chi connectivity index (χ0v) is 26.4. The molecule has 4 heteroatoms. The van der Waals surface area contributed by atoms with Gasteiger partial charge in [0.05, 0.1) is 13.0 Å². The van der Waals surface area contributed by atoms with Crippen molar-refractivity contribution in [3.05, 3.63) is 24.3 Å². The Labute approximate surface area is 242 Å². The van der Waals surface area contributed by atoms with E-state index in [0.717, 1.165) is 44.9 Å². The third kappa shape index (κ3) is 25.2. The highest BCUT2D eigenvalue weighted by atomic mass is 16.6. The highest BCUT2D eigenvalue weighted by Crippen LogP contribution is 2.24. The van der Waals surface area contributed by atoms with E-state index in [2.05, 4.69) is 38.2 Å². The van der Waals surface area contributed by atoms with E-state index in [1.165, 1.54) is 117 Å². The molecule has 39 heavy (non-hydrogen) atoms. The first-order valence-corrected chi connectivity index (χ1v) is 16.6. The lowest BCUT2D eigenvalue weighted by Crippen LogP contribution is -2.33. The molecule has 0 fully saturated rings. The second-order valence-electron chi connectivity index (χ2n) is 11.3. The monoisotopic (exact) mass is 548 g/mol. The summed E-state index contributed by atoms with van der Waals surface area (Å²) in [6, 6.07) is 0. The average molecular weight is 549 g/mol. The van der Waals surface area contributed by atoms with Crippen LogP contribution in [0.2, 0.25) is 0 Å². The van der Waals surface area contributed by atoms with Crippen LogP contribution in [0.25, 0.3) is 0 Å². The number of allylic oxidation sites excluding steroid dienone is 4. The maximum Gasteiger partial charge on any atom is 0.312 e. The Hall–Kier alpha value is -1.58. The molecule has 0 aromatic heterocycles. The fourth-order valence-corrected chi connectivity index (χ4v) is 5.13. The molecule has 0 aromatic rings. The Morgan fingerprint density at radius 1 is 0.564 bits per heavy atom. The number of methoxy groups -OCH3 is 1. The van der Waals surface area contributed by atoms with E-state index in [1.807, 2.05) is 0 Å². The molecule has 0 aliphatic carbocycles. The molecule has 0 aromatic carbocycles. The maximum absolute atomic E-state index is 12.6. The van der Waals surface area contributed by atoms with E-state index in [9.17, 15) is 9.59 Å². The van der Waals surface area contributed by atoms with E-state index < -0.39 is 0 Å². The van der Waals surface area contributed by atoms with Gasteiger partial charge in [-0.05, 0) is 70.6 Å². The normalized spacial score (nSPS) is 13.2. The molecule has 0 heterocycles. The average Bonchev–Trinajstić information content (AvgIpc) is 2.92. The third-order valence-electron chi connectivity index (χ3n) is 7.55. The molecule has 0 radical (unpaired) electrons. The highest BCUT2D eigenvalue weighted by molar-refractivity contribution is 5.74. The summed E-state index contributed by atoms with van der Waals surface area (Å²) < 4.78 is 10.7. The van der Waals surface area contributed by atoms with Gasteiger partial charge in [0.1, 0.15) is 6.10 Å². The van der Waals surface area contributed by atoms with Gasteiger partial charge in [-0.25, -0.2) is 0 Å². The van der Waals surface area contributed by atoms with Gasteiger partial charge in [-0.2, -0.15) is 0 Å². The van der Waals surface area contributed by atoms with Crippen LogP contribution >= 0.6 is 0 Å². The summed E-state index contributed by atoms with van der Waals surface area (Å²) in [6.07, 6.45) is 35.9. The topological polar surface area (TPSA) is 52.6 Å². The van der Waals surface area contributed by atoms with Crippen molar-refractivity contribution in [1.82, 2.24) is 0 Å². The smallest absolute Gasteiger partial charge is 0.312 e. The molecule has 0 bridgehead atoms. The lowest BCUT2D eigenvalue weighted by atomic mass is 9.91. The first kappa shape index (κ1) is 37.4. The zero-order valence-electron chi connectivity index (χ0n) is 26.4. The van der Waals surface area contributed by atoms with Crippen LogP contribution in [-0.4, -0.2) is 25.2 Å². The standard InChI is InChI=1S/C35H64O4/c1-5-7-9-11-13-15-17-19-21-23-25-27-29-31-34(39-32(3)36)33(35(37)38-4)30-28-26-24-22-20-18-16-14-12-10-8-6-2/h15-18,33-34H,5-14,19-31H2,1-4H3. The molecule has 0 aliphatic rings. The number of carbonyl (C=O) groups excluding carboxylic acids is 2. The Morgan fingerprint density at radius 2 is 0.949 bits per heavy atom. The molecule has 4 nitrogen and oxygen atoms in total. The number of unbranched alkanes of at least 4 members (excludes halogenated alkanes) is 17. The molecule has 0 amide bonds. The van der Waals surface area contributed by atoms with Crippen LogP contribution in [-0.2, 0) is 19.1 Å². The lowest BCUT2D eigenvalue weighted by Gasteiger charge is -2.25. The van der Waals surface area contributed by atoms with Gasteiger partial charge in [-0.3, -0.25) is 9.59 Å². The summed E-state index contributed by atoms with van der Waals surface area (Å²) in [4.78, 5) is 24.4. The van der Waals surface area contributed by atoms with Crippen LogP contribution in [0.5, 0.6) is 0 Å². The van der Waals surface area contributed by atoms with Crippen molar-refractivity contribution >= 4 is 11.9 Å². The SMILES string of the molecule is CCCCCCC=CCCCCCCCC(OC(C)=O)C(CCCCCCC=CCCCCCC)C(=O)OC. The molecule has 2 unspecified atom stereocenters. The first-order chi connectivity index (χ1) is 19.1. The fraction of sp³-hybridized carbons (Fsp3) is 0.829. The molecule has 0 N–H and O–H groups in total. The van der Waals surface area contributed by atoms with Crippen LogP contribution in [0.4, 0.5) is 0 Å². The van der Waals surface area contributed by atoms with Crippen molar-refractivity contribution in [3.8, 4) is 0 Å². The third-order valence-corrected chi connectivity index (χ3v) is 7.55. The van der Waals surface area contributed by atoms with Gasteiger partial charge in [0.15, 0.2) is 0 Å². The van der Waals surface area contributed by atoms with Gasteiger partial charge in [-0.15, -0.1) is 0 Å². The van der Waals surface area contributed by atoms with Crippen molar-refractivity contribution in [2.45, 2.75) is 175 Å². The summed E-state index contributed by atoms with van der Waals surface area (Å²) in [7, 11) is 1.44. The Balaban J connectivity index is 4.21. The Morgan fingerprint density at radius 3 is 1.36 bits per heavy atom. The molecular formula is C35H64O4. The first-order valence-electron chi connectivity index (χ1n) is 16.6. The number of hydrogen-bond acceptors (Lipinski definition) is 4. The number of rotatable bonds is 28. The van der Waals surface area contributed by atoms with Crippen LogP contribution in [0.15, 0.2) is 24.3 Å². The minimum absolute atomic E-state index is 0.242. The van der Waals surface area contributed by atoms with E-state index >= 15 is 0 Å². The van der Waals surface area contributed by atoms with E-state index in [4.69, 9.17) is 9.47 Å². The van der Waals surface area contributed by atoms with Crippen molar-refractivity contribution in [2.24, 2.45) is 5.92 Å². The minimum Gasteiger partial charge on any atom is -0.469 e. The van der Waals surface area contributed by atoms with Gasteiger partial charge >= 0.3 is 11.9 Å². The summed E-state index contributed by atoms with van der Waals surface area (Å²) in [5.74, 6) is -0.907. The predicted molar refractivity (Wildman–Crippen MR) is 167 cm³/mol. The molecule has 0 spiro atoms. The van der Waals surface area contributed by atoms with Crippen LogP contribution in [0.1, 0.15) is 168 Å². The fourth-order valence-electron chi connectivity index (χ4n) is 5.13. The van der Waals surface area contributed by atoms with Crippen LogP contribution in [0, 0.1) is 5.92 Å². The van der Waals surface area contributed by atoms with Gasteiger partial charge in [-0.1, -0.05) is 115 Å². The van der Waals surface area contributed by atoms with Crippen molar-refractivity contribution in [2.75, 3.05) is 7.11 Å². The van der Waals surface area contributed by atoms with E-state index in [-0.39, 0.29) is 24.0 Å². The van der Waals surface area contributed by atoms with Crippen molar-refractivity contribution < 1.29 is 19.1 Å². The molecule has 228 valence electrons. The lowest BCUT2D eigenvalue weighted by molar-refractivity contribution is -0.160. The number of esters is 2. The number of carbonyl (C=O) groups is 2. The van der Waals surface area contributed by atoms with Crippen LogP contribution < -0.4 is 0 Å². The van der Waals surface area contributed by atoms with E-state index in [1.54, 1.807) is 0 Å². The van der Waals surface area contributed by atoms with Gasteiger partial charge in [0.2, 0.25) is 0 Å². The second kappa shape index (κ2) is 29.4. The molecular weight excluding hydrogens is 484 g/mol. The summed E-state index contributed by atoms with van der Waals surface area (Å²) >= 11 is 0. The Bertz CT molecular complexity index is 610. The summed E-state index contributed by atoms with van der Waals surface area (Å²) in [5.41, 5.74) is 0. The van der Waals surface area contributed by atoms with Gasteiger partial charge in [0, 0.05) is 6.92 Å².